The van der Waals surface area contributed by atoms with Crippen molar-refractivity contribution in [2.24, 2.45) is 10.4 Å². The van der Waals surface area contributed by atoms with E-state index < -0.39 is 0 Å². The van der Waals surface area contributed by atoms with Crippen molar-refractivity contribution >= 4 is 47.2 Å². The summed E-state index contributed by atoms with van der Waals surface area (Å²) in [5, 5.41) is 10.5. The lowest BCUT2D eigenvalue weighted by molar-refractivity contribution is -0.128. The molecule has 0 bridgehead atoms. The molecule has 0 saturated heterocycles. The van der Waals surface area contributed by atoms with Gasteiger partial charge in [0, 0.05) is 49.1 Å². The van der Waals surface area contributed by atoms with Crippen LogP contribution in [0.15, 0.2) is 11.2 Å². The minimum atomic E-state index is -0.358. The molecule has 0 atom stereocenters. The van der Waals surface area contributed by atoms with Gasteiger partial charge >= 0.3 is 0 Å². The van der Waals surface area contributed by atoms with Crippen LogP contribution in [0.2, 0.25) is 0 Å². The summed E-state index contributed by atoms with van der Waals surface area (Å²) in [6.45, 7) is 12.6. The van der Waals surface area contributed by atoms with Crippen LogP contribution >= 0.6 is 35.3 Å². The van der Waals surface area contributed by atoms with Crippen molar-refractivity contribution in [3.63, 3.8) is 0 Å². The number of nitrogens with zero attached hydrogens (tertiary/aromatic N) is 2. The molecule has 1 amide bonds. The number of hydrogen-bond acceptors (Lipinski definition) is 4. The van der Waals surface area contributed by atoms with Crippen molar-refractivity contribution < 1.29 is 4.79 Å². The van der Waals surface area contributed by atoms with Crippen LogP contribution in [0.25, 0.3) is 0 Å². The summed E-state index contributed by atoms with van der Waals surface area (Å²) in [6.07, 6.45) is 3.83. The average molecular weight is 481 g/mol. The molecule has 1 aromatic rings. The number of halogens is 1. The van der Waals surface area contributed by atoms with Gasteiger partial charge in [0.2, 0.25) is 5.91 Å². The Balaban J connectivity index is 0.00000576. The highest BCUT2D eigenvalue weighted by molar-refractivity contribution is 14.0. The van der Waals surface area contributed by atoms with Crippen molar-refractivity contribution in [3.05, 3.63) is 16.1 Å². The monoisotopic (exact) mass is 481 g/mol. The van der Waals surface area contributed by atoms with Gasteiger partial charge in [-0.1, -0.05) is 27.7 Å². The minimum Gasteiger partial charge on any atom is -0.357 e. The van der Waals surface area contributed by atoms with Gasteiger partial charge in [0.15, 0.2) is 5.96 Å². The molecule has 144 valence electrons. The van der Waals surface area contributed by atoms with Crippen LogP contribution in [-0.2, 0) is 17.6 Å². The van der Waals surface area contributed by atoms with Crippen molar-refractivity contribution in [2.75, 3.05) is 26.2 Å². The van der Waals surface area contributed by atoms with Gasteiger partial charge in [-0.05, 0) is 13.3 Å². The van der Waals surface area contributed by atoms with E-state index in [-0.39, 0.29) is 35.3 Å². The quantitative estimate of drug-likeness (QED) is 0.231. The fraction of sp³-hybridized carbons (Fsp3) is 0.706. The highest BCUT2D eigenvalue weighted by Crippen LogP contribution is 2.13. The van der Waals surface area contributed by atoms with Crippen LogP contribution in [0.5, 0.6) is 0 Å². The van der Waals surface area contributed by atoms with E-state index in [1.165, 1.54) is 4.88 Å². The molecule has 6 nitrogen and oxygen atoms in total. The molecule has 3 N–H and O–H groups in total. The zero-order valence-corrected chi connectivity index (χ0v) is 19.1. The van der Waals surface area contributed by atoms with Gasteiger partial charge in [0.05, 0.1) is 5.01 Å². The molecule has 0 aromatic carbocycles. The van der Waals surface area contributed by atoms with Gasteiger partial charge in [-0.2, -0.15) is 0 Å². The molecule has 0 aliphatic rings. The molecule has 25 heavy (non-hydrogen) atoms. The van der Waals surface area contributed by atoms with E-state index in [1.807, 2.05) is 33.9 Å². The van der Waals surface area contributed by atoms with Gasteiger partial charge in [-0.25, -0.2) is 4.98 Å². The molecule has 8 heteroatoms. The third-order valence-corrected chi connectivity index (χ3v) is 4.48. The maximum absolute atomic E-state index is 11.8. The van der Waals surface area contributed by atoms with Crippen molar-refractivity contribution in [1.29, 1.82) is 0 Å². The summed E-state index contributed by atoms with van der Waals surface area (Å²) in [5.74, 6) is 0.830. The van der Waals surface area contributed by atoms with Crippen molar-refractivity contribution in [2.45, 2.75) is 47.5 Å². The lowest BCUT2D eigenvalue weighted by Crippen LogP contribution is -2.43. The Labute approximate surface area is 172 Å². The van der Waals surface area contributed by atoms with Gasteiger partial charge in [-0.3, -0.25) is 9.79 Å². The van der Waals surface area contributed by atoms with Crippen molar-refractivity contribution in [3.8, 4) is 0 Å². The van der Waals surface area contributed by atoms with E-state index in [0.29, 0.717) is 19.6 Å². The number of aromatic nitrogens is 1. The molecule has 1 rings (SSSR count). The predicted molar refractivity (Wildman–Crippen MR) is 117 cm³/mol. The Morgan fingerprint density at radius 1 is 1.20 bits per heavy atom. The zero-order valence-electron chi connectivity index (χ0n) is 15.9. The van der Waals surface area contributed by atoms with Crippen LogP contribution in [0, 0.1) is 5.41 Å². The summed E-state index contributed by atoms with van der Waals surface area (Å²) in [6, 6.07) is 0. The van der Waals surface area contributed by atoms with E-state index in [0.717, 1.165) is 30.4 Å². The molecule has 0 spiro atoms. The molecular weight excluding hydrogens is 449 g/mol. The standard InChI is InChI=1S/C17H31N5OS.HI/c1-6-13-12-22-14(24-13)8-9-20-16(18-7-2)21-11-10-19-15(23)17(3,4)5;/h12H,6-11H2,1-5H3,(H,19,23)(H2,18,20,21);1H. The number of hydrogen-bond donors (Lipinski definition) is 3. The molecule has 0 fully saturated rings. The van der Waals surface area contributed by atoms with Gasteiger partial charge in [0.1, 0.15) is 0 Å². The summed E-state index contributed by atoms with van der Waals surface area (Å²) >= 11 is 1.76. The second-order valence-corrected chi connectivity index (χ2v) is 7.72. The average Bonchev–Trinajstić information content (AvgIpc) is 2.98. The van der Waals surface area contributed by atoms with Crippen molar-refractivity contribution in [1.82, 2.24) is 20.9 Å². The molecular formula is C17H32IN5OS. The lowest BCUT2D eigenvalue weighted by atomic mass is 9.96. The predicted octanol–water partition coefficient (Wildman–Crippen LogP) is 2.58. The van der Waals surface area contributed by atoms with Gasteiger partial charge in [-0.15, -0.1) is 35.3 Å². The summed E-state index contributed by atoms with van der Waals surface area (Å²) < 4.78 is 0. The van der Waals surface area contributed by atoms with Crippen LogP contribution < -0.4 is 16.0 Å². The van der Waals surface area contributed by atoms with E-state index in [4.69, 9.17) is 0 Å². The van der Waals surface area contributed by atoms with E-state index in [2.05, 4.69) is 32.9 Å². The van der Waals surface area contributed by atoms with Crippen LogP contribution in [-0.4, -0.2) is 43.0 Å². The first-order valence-corrected chi connectivity index (χ1v) is 9.42. The highest BCUT2D eigenvalue weighted by Gasteiger charge is 2.20. The number of amides is 1. The van der Waals surface area contributed by atoms with Gasteiger partial charge in [0.25, 0.3) is 0 Å². The fourth-order valence-electron chi connectivity index (χ4n) is 1.85. The normalized spacial score (nSPS) is 11.6. The van der Waals surface area contributed by atoms with E-state index in [1.54, 1.807) is 11.3 Å². The number of thiazole rings is 1. The first-order chi connectivity index (χ1) is 11.4. The number of carbonyl (C=O) groups is 1. The number of rotatable bonds is 8. The molecule has 1 aromatic heterocycles. The maximum Gasteiger partial charge on any atom is 0.225 e. The molecule has 1 heterocycles. The third-order valence-electron chi connectivity index (χ3n) is 3.27. The number of guanidine groups is 1. The van der Waals surface area contributed by atoms with Crippen LogP contribution in [0.4, 0.5) is 0 Å². The van der Waals surface area contributed by atoms with E-state index >= 15 is 0 Å². The maximum atomic E-state index is 11.8. The third kappa shape index (κ3) is 9.98. The fourth-order valence-corrected chi connectivity index (χ4v) is 2.71. The Hall–Kier alpha value is -0.900. The zero-order chi connectivity index (χ0) is 18.0. The first kappa shape index (κ1) is 24.1. The summed E-state index contributed by atoms with van der Waals surface area (Å²) in [7, 11) is 0. The molecule has 0 radical (unpaired) electrons. The summed E-state index contributed by atoms with van der Waals surface area (Å²) in [5.41, 5.74) is -0.358. The second-order valence-electron chi connectivity index (χ2n) is 6.52. The molecule has 0 unspecified atom stereocenters. The second kappa shape index (κ2) is 12.5. The Morgan fingerprint density at radius 3 is 2.44 bits per heavy atom. The Bertz CT molecular complexity index is 539. The molecule has 0 saturated carbocycles. The first-order valence-electron chi connectivity index (χ1n) is 8.60. The smallest absolute Gasteiger partial charge is 0.225 e. The topological polar surface area (TPSA) is 78.4 Å². The Morgan fingerprint density at radius 2 is 1.88 bits per heavy atom. The number of carbonyl (C=O) groups excluding carboxylic acids is 1. The Kier molecular flexibility index (Phi) is 12.0. The van der Waals surface area contributed by atoms with Crippen LogP contribution in [0.3, 0.4) is 0 Å². The number of nitrogens with one attached hydrogen (secondary N) is 3. The highest BCUT2D eigenvalue weighted by atomic mass is 127. The SMILES string of the molecule is CCNC(=NCCc1ncc(CC)s1)NCCNC(=O)C(C)(C)C.I. The number of aliphatic imine (C=N–C) groups is 1. The molecule has 0 aliphatic carbocycles. The van der Waals surface area contributed by atoms with Crippen LogP contribution in [0.1, 0.15) is 44.5 Å². The van der Waals surface area contributed by atoms with Gasteiger partial charge < -0.3 is 16.0 Å². The van der Waals surface area contributed by atoms with E-state index in [9.17, 15) is 4.79 Å². The lowest BCUT2D eigenvalue weighted by Gasteiger charge is -2.18. The number of aryl methyl sites for hydroxylation is 1. The molecule has 0 aliphatic heterocycles. The largest absolute Gasteiger partial charge is 0.357 e. The summed E-state index contributed by atoms with van der Waals surface area (Å²) in [4.78, 5) is 22.1. The minimum absolute atomic E-state index is 0.